The fourth-order valence-corrected chi connectivity index (χ4v) is 2.57. The van der Waals surface area contributed by atoms with Crippen LogP contribution in [-0.2, 0) is 0 Å². The first kappa shape index (κ1) is 17.9. The van der Waals surface area contributed by atoms with Crippen LogP contribution in [0.1, 0.15) is 43.4 Å². The second-order valence-corrected chi connectivity index (χ2v) is 5.23. The van der Waals surface area contributed by atoms with Crippen LogP contribution in [0, 0.1) is 6.92 Å². The Kier molecular flexibility index (Phi) is 7.61. The van der Waals surface area contributed by atoms with Crippen LogP contribution >= 0.6 is 11.6 Å². The van der Waals surface area contributed by atoms with Gasteiger partial charge in [0, 0.05) is 13.1 Å². The second-order valence-electron chi connectivity index (χ2n) is 4.88. The van der Waals surface area contributed by atoms with Crippen LogP contribution in [0.3, 0.4) is 0 Å². The maximum absolute atomic E-state index is 11.3. The molecule has 21 heavy (non-hydrogen) atoms. The number of hydrogen-bond acceptors (Lipinski definition) is 5. The number of nitrogens with zero attached hydrogens (tertiary/aromatic N) is 4. The molecule has 0 spiro atoms. The third-order valence-electron chi connectivity index (χ3n) is 3.59. The van der Waals surface area contributed by atoms with Gasteiger partial charge in [-0.15, -0.1) is 0 Å². The molecule has 0 aliphatic heterocycles. The van der Waals surface area contributed by atoms with E-state index in [1.165, 1.54) is 0 Å². The highest BCUT2D eigenvalue weighted by Gasteiger charge is 2.16. The Morgan fingerprint density at radius 3 is 2.29 bits per heavy atom. The molecule has 0 amide bonds. The third-order valence-corrected chi connectivity index (χ3v) is 3.87. The summed E-state index contributed by atoms with van der Waals surface area (Å²) in [5.74, 6) is 1.23. The van der Waals surface area contributed by atoms with Gasteiger partial charge in [0.05, 0.1) is 5.56 Å². The number of halogens is 1. The molecule has 1 heterocycles. The SMILES string of the molecule is CCN(CC)CCCN(CC)c1nc(C)nc(Cl)c1C=O. The van der Waals surface area contributed by atoms with Crippen LogP contribution in [0.4, 0.5) is 5.82 Å². The van der Waals surface area contributed by atoms with Gasteiger partial charge in [-0.05, 0) is 39.9 Å². The van der Waals surface area contributed by atoms with Gasteiger partial charge in [-0.1, -0.05) is 25.4 Å². The molecule has 6 heteroatoms. The van der Waals surface area contributed by atoms with Crippen molar-refractivity contribution in [1.82, 2.24) is 14.9 Å². The molecule has 0 N–H and O–H groups in total. The van der Waals surface area contributed by atoms with Gasteiger partial charge < -0.3 is 9.80 Å². The van der Waals surface area contributed by atoms with Gasteiger partial charge in [0.15, 0.2) is 6.29 Å². The van der Waals surface area contributed by atoms with E-state index < -0.39 is 0 Å². The van der Waals surface area contributed by atoms with E-state index in [2.05, 4.69) is 40.5 Å². The van der Waals surface area contributed by atoms with Crippen LogP contribution in [0.15, 0.2) is 0 Å². The minimum absolute atomic E-state index is 0.231. The van der Waals surface area contributed by atoms with Crippen molar-refractivity contribution in [2.75, 3.05) is 37.6 Å². The lowest BCUT2D eigenvalue weighted by atomic mass is 10.2. The summed E-state index contributed by atoms with van der Waals surface area (Å²) in [5, 5.41) is 0.231. The minimum atomic E-state index is 0.231. The topological polar surface area (TPSA) is 49.3 Å². The lowest BCUT2D eigenvalue weighted by Gasteiger charge is -2.25. The fraction of sp³-hybridized carbons (Fsp3) is 0.667. The van der Waals surface area contributed by atoms with Gasteiger partial charge in [0.2, 0.25) is 0 Å². The predicted molar refractivity (Wildman–Crippen MR) is 87.5 cm³/mol. The Labute approximate surface area is 132 Å². The zero-order chi connectivity index (χ0) is 15.8. The molecule has 1 aromatic heterocycles. The Morgan fingerprint density at radius 2 is 1.76 bits per heavy atom. The van der Waals surface area contributed by atoms with Crippen molar-refractivity contribution in [2.45, 2.75) is 34.1 Å². The molecule has 0 saturated carbocycles. The summed E-state index contributed by atoms with van der Waals surface area (Å²) in [4.78, 5) is 24.2. The number of aromatic nitrogens is 2. The van der Waals surface area contributed by atoms with Gasteiger partial charge in [0.25, 0.3) is 0 Å². The first-order valence-corrected chi connectivity index (χ1v) is 7.91. The molecule has 0 fully saturated rings. The van der Waals surface area contributed by atoms with Crippen LogP contribution in [0.25, 0.3) is 0 Å². The van der Waals surface area contributed by atoms with Crippen LogP contribution in [0.2, 0.25) is 5.15 Å². The Hall–Kier alpha value is -1.20. The predicted octanol–water partition coefficient (Wildman–Crippen LogP) is 2.81. The molecule has 0 aromatic carbocycles. The average Bonchev–Trinajstić information content (AvgIpc) is 2.47. The summed E-state index contributed by atoms with van der Waals surface area (Å²) in [6.45, 7) is 13.0. The number of anilines is 1. The molecular weight excluding hydrogens is 288 g/mol. The molecule has 1 aromatic rings. The number of aldehydes is 1. The molecule has 0 bridgehead atoms. The summed E-state index contributed by atoms with van der Waals surface area (Å²) in [6, 6.07) is 0. The molecule has 0 saturated heterocycles. The van der Waals surface area contributed by atoms with Gasteiger partial charge in [0.1, 0.15) is 16.8 Å². The van der Waals surface area contributed by atoms with E-state index >= 15 is 0 Å². The highest BCUT2D eigenvalue weighted by atomic mass is 35.5. The van der Waals surface area contributed by atoms with E-state index in [-0.39, 0.29) is 5.15 Å². The highest BCUT2D eigenvalue weighted by molar-refractivity contribution is 6.32. The molecular formula is C15H25ClN4O. The van der Waals surface area contributed by atoms with Gasteiger partial charge in [-0.3, -0.25) is 4.79 Å². The van der Waals surface area contributed by atoms with Gasteiger partial charge in [-0.25, -0.2) is 9.97 Å². The van der Waals surface area contributed by atoms with E-state index in [1.807, 2.05) is 0 Å². The van der Waals surface area contributed by atoms with Crippen molar-refractivity contribution in [3.8, 4) is 0 Å². The zero-order valence-electron chi connectivity index (χ0n) is 13.4. The number of rotatable bonds is 9. The normalized spacial score (nSPS) is 11.0. The summed E-state index contributed by atoms with van der Waals surface area (Å²) in [5.41, 5.74) is 0.381. The lowest BCUT2D eigenvalue weighted by molar-refractivity contribution is 0.112. The lowest BCUT2D eigenvalue weighted by Crippen LogP contribution is -2.31. The highest BCUT2D eigenvalue weighted by Crippen LogP contribution is 2.22. The molecule has 0 atom stereocenters. The second kappa shape index (κ2) is 8.95. The molecule has 1 rings (SSSR count). The largest absolute Gasteiger partial charge is 0.356 e. The fourth-order valence-electron chi connectivity index (χ4n) is 2.31. The molecule has 0 unspecified atom stereocenters. The maximum atomic E-state index is 11.3. The minimum Gasteiger partial charge on any atom is -0.356 e. The molecule has 118 valence electrons. The smallest absolute Gasteiger partial charge is 0.156 e. The Morgan fingerprint density at radius 1 is 1.10 bits per heavy atom. The van der Waals surface area contributed by atoms with Crippen molar-refractivity contribution < 1.29 is 4.79 Å². The first-order chi connectivity index (χ1) is 10.1. The average molecular weight is 313 g/mol. The molecule has 5 nitrogen and oxygen atoms in total. The first-order valence-electron chi connectivity index (χ1n) is 7.53. The number of hydrogen-bond donors (Lipinski definition) is 0. The van der Waals surface area contributed by atoms with Crippen molar-refractivity contribution in [2.24, 2.45) is 0 Å². The quantitative estimate of drug-likeness (QED) is 0.518. The number of aryl methyl sites for hydroxylation is 1. The van der Waals surface area contributed by atoms with Gasteiger partial charge in [-0.2, -0.15) is 0 Å². The molecule has 0 radical (unpaired) electrons. The van der Waals surface area contributed by atoms with E-state index in [1.54, 1.807) is 6.92 Å². The van der Waals surface area contributed by atoms with Crippen LogP contribution in [-0.4, -0.2) is 53.9 Å². The summed E-state index contributed by atoms with van der Waals surface area (Å²) >= 11 is 6.05. The number of carbonyl (C=O) groups excluding carboxylic acids is 1. The third kappa shape index (κ3) is 4.93. The van der Waals surface area contributed by atoms with Crippen LogP contribution < -0.4 is 4.90 Å². The van der Waals surface area contributed by atoms with E-state index in [4.69, 9.17) is 11.6 Å². The standard InChI is InChI=1S/C15H25ClN4O/c1-5-19(6-2)9-8-10-20(7-3)15-13(11-21)14(16)17-12(4)18-15/h11H,5-10H2,1-4H3. The van der Waals surface area contributed by atoms with E-state index in [9.17, 15) is 4.79 Å². The number of carbonyl (C=O) groups is 1. The van der Waals surface area contributed by atoms with Crippen LogP contribution in [0.5, 0.6) is 0 Å². The monoisotopic (exact) mass is 312 g/mol. The van der Waals surface area contributed by atoms with E-state index in [0.717, 1.165) is 45.4 Å². The maximum Gasteiger partial charge on any atom is 0.156 e. The van der Waals surface area contributed by atoms with Crippen molar-refractivity contribution in [3.05, 3.63) is 16.5 Å². The molecule has 0 aliphatic rings. The molecule has 0 aliphatic carbocycles. The Balaban J connectivity index is 2.83. The van der Waals surface area contributed by atoms with Crippen molar-refractivity contribution >= 4 is 23.7 Å². The zero-order valence-corrected chi connectivity index (χ0v) is 14.2. The van der Waals surface area contributed by atoms with Gasteiger partial charge >= 0.3 is 0 Å². The summed E-state index contributed by atoms with van der Waals surface area (Å²) in [6.07, 6.45) is 1.76. The van der Waals surface area contributed by atoms with Crippen molar-refractivity contribution in [1.29, 1.82) is 0 Å². The Bertz CT molecular complexity index is 463. The van der Waals surface area contributed by atoms with E-state index in [0.29, 0.717) is 17.2 Å². The van der Waals surface area contributed by atoms with Crippen molar-refractivity contribution in [3.63, 3.8) is 0 Å². The summed E-state index contributed by atoms with van der Waals surface area (Å²) in [7, 11) is 0. The summed E-state index contributed by atoms with van der Waals surface area (Å²) < 4.78 is 0.